The highest BCUT2D eigenvalue weighted by Crippen LogP contribution is 2.29. The molecule has 0 aliphatic carbocycles. The van der Waals surface area contributed by atoms with E-state index in [1.807, 2.05) is 32.2 Å². The fourth-order valence-corrected chi connectivity index (χ4v) is 3.11. The highest BCUT2D eigenvalue weighted by molar-refractivity contribution is 7.15. The average Bonchev–Trinajstić information content (AvgIpc) is 2.89. The smallest absolute Gasteiger partial charge is 0.227 e. The van der Waals surface area contributed by atoms with Crippen LogP contribution in [0.4, 0.5) is 11.6 Å². The summed E-state index contributed by atoms with van der Waals surface area (Å²) in [5.41, 5.74) is 3.89. The molecule has 0 saturated heterocycles. The fraction of sp³-hybridized carbons (Fsp3) is 0.250. The van der Waals surface area contributed by atoms with Crippen LogP contribution in [0.25, 0.3) is 10.6 Å². The summed E-state index contributed by atoms with van der Waals surface area (Å²) in [6, 6.07) is 3.93. The van der Waals surface area contributed by atoms with Crippen molar-refractivity contribution in [3.63, 3.8) is 0 Å². The summed E-state index contributed by atoms with van der Waals surface area (Å²) in [5.74, 6) is 0.566. The fourth-order valence-electron chi connectivity index (χ4n) is 2.14. The van der Waals surface area contributed by atoms with E-state index < -0.39 is 0 Å². The first-order valence-corrected chi connectivity index (χ1v) is 7.95. The second-order valence-corrected chi connectivity index (χ2v) is 6.10. The Morgan fingerprint density at radius 2 is 2.05 bits per heavy atom. The van der Waals surface area contributed by atoms with Crippen molar-refractivity contribution in [3.8, 4) is 10.6 Å². The molecule has 3 aromatic heterocycles. The summed E-state index contributed by atoms with van der Waals surface area (Å²) < 4.78 is 0. The molecule has 0 aromatic carbocycles. The molecule has 0 aliphatic rings. The van der Waals surface area contributed by atoms with Gasteiger partial charge >= 0.3 is 0 Å². The maximum atomic E-state index is 4.60. The highest BCUT2D eigenvalue weighted by Gasteiger charge is 2.11. The maximum absolute atomic E-state index is 4.60. The van der Waals surface area contributed by atoms with Gasteiger partial charge in [-0.2, -0.15) is 0 Å². The van der Waals surface area contributed by atoms with Gasteiger partial charge in [-0.3, -0.25) is 4.98 Å². The van der Waals surface area contributed by atoms with Crippen LogP contribution in [0.15, 0.2) is 30.7 Å². The molecule has 6 heteroatoms. The van der Waals surface area contributed by atoms with E-state index in [0.29, 0.717) is 5.95 Å². The van der Waals surface area contributed by atoms with Gasteiger partial charge < -0.3 is 5.32 Å². The molecule has 0 spiro atoms. The monoisotopic (exact) mass is 311 g/mol. The van der Waals surface area contributed by atoms with Crippen LogP contribution in [0.5, 0.6) is 0 Å². The molecule has 0 atom stereocenters. The summed E-state index contributed by atoms with van der Waals surface area (Å²) >= 11 is 1.69. The number of aryl methyl sites for hydroxylation is 3. The molecule has 0 amide bonds. The Morgan fingerprint density at radius 1 is 1.18 bits per heavy atom. The van der Waals surface area contributed by atoms with Crippen molar-refractivity contribution in [2.45, 2.75) is 27.2 Å². The van der Waals surface area contributed by atoms with Crippen molar-refractivity contribution < 1.29 is 0 Å². The van der Waals surface area contributed by atoms with Crippen molar-refractivity contribution in [1.29, 1.82) is 0 Å². The van der Waals surface area contributed by atoms with E-state index in [1.165, 1.54) is 0 Å². The van der Waals surface area contributed by atoms with Gasteiger partial charge in [-0.05, 0) is 38.0 Å². The van der Waals surface area contributed by atoms with Gasteiger partial charge in [-0.1, -0.05) is 6.92 Å². The molecule has 0 unspecified atom stereocenters. The molecule has 112 valence electrons. The molecule has 0 saturated carbocycles. The lowest BCUT2D eigenvalue weighted by Gasteiger charge is -2.06. The third-order valence-electron chi connectivity index (χ3n) is 3.16. The number of aromatic nitrogens is 4. The van der Waals surface area contributed by atoms with Crippen molar-refractivity contribution >= 4 is 23.0 Å². The molecule has 0 aliphatic heterocycles. The average molecular weight is 311 g/mol. The van der Waals surface area contributed by atoms with E-state index in [1.54, 1.807) is 23.7 Å². The number of thiazole rings is 1. The minimum absolute atomic E-state index is 0.566. The number of hydrogen-bond donors (Lipinski definition) is 1. The Morgan fingerprint density at radius 3 is 2.77 bits per heavy atom. The van der Waals surface area contributed by atoms with Crippen LogP contribution in [-0.4, -0.2) is 19.9 Å². The zero-order valence-electron chi connectivity index (χ0n) is 12.8. The molecule has 1 N–H and O–H groups in total. The Balaban J connectivity index is 1.90. The molecule has 3 heterocycles. The summed E-state index contributed by atoms with van der Waals surface area (Å²) in [4.78, 5) is 18.7. The predicted octanol–water partition coefficient (Wildman–Crippen LogP) is 3.92. The largest absolute Gasteiger partial charge is 0.323 e. The number of anilines is 2. The first-order chi connectivity index (χ1) is 10.7. The first kappa shape index (κ1) is 14.6. The van der Waals surface area contributed by atoms with Gasteiger partial charge in [0.1, 0.15) is 0 Å². The zero-order chi connectivity index (χ0) is 15.5. The molecule has 22 heavy (non-hydrogen) atoms. The molecule has 0 bridgehead atoms. The molecular formula is C16H17N5S. The van der Waals surface area contributed by atoms with Crippen molar-refractivity contribution in [2.75, 3.05) is 5.32 Å². The number of hydrogen-bond acceptors (Lipinski definition) is 6. The first-order valence-electron chi connectivity index (χ1n) is 7.14. The van der Waals surface area contributed by atoms with E-state index in [9.17, 15) is 0 Å². The Hall–Kier alpha value is -2.34. The third-order valence-corrected chi connectivity index (χ3v) is 4.49. The summed E-state index contributed by atoms with van der Waals surface area (Å²) in [6.45, 7) is 6.13. The minimum atomic E-state index is 0.566. The van der Waals surface area contributed by atoms with E-state index in [2.05, 4.69) is 32.2 Å². The lowest BCUT2D eigenvalue weighted by molar-refractivity contribution is 1.07. The standard InChI is InChI=1S/C16H17N5S/c1-4-14-19-11(3)15(22-14)13-5-6-18-16(21-13)20-12-7-10(2)8-17-9-12/h5-9H,4H2,1-3H3,(H,18,20,21). The van der Waals surface area contributed by atoms with Crippen LogP contribution in [0.1, 0.15) is 23.2 Å². The molecule has 3 aromatic rings. The normalized spacial score (nSPS) is 10.7. The van der Waals surface area contributed by atoms with Gasteiger partial charge in [0, 0.05) is 12.4 Å². The second kappa shape index (κ2) is 6.19. The number of nitrogens with zero attached hydrogens (tertiary/aromatic N) is 4. The van der Waals surface area contributed by atoms with Gasteiger partial charge in [0.2, 0.25) is 5.95 Å². The van der Waals surface area contributed by atoms with E-state index >= 15 is 0 Å². The molecule has 5 nitrogen and oxygen atoms in total. The van der Waals surface area contributed by atoms with Crippen LogP contribution < -0.4 is 5.32 Å². The van der Waals surface area contributed by atoms with E-state index in [0.717, 1.165) is 38.9 Å². The van der Waals surface area contributed by atoms with Gasteiger partial charge in [0.05, 0.1) is 33.2 Å². The third kappa shape index (κ3) is 3.12. The molecule has 3 rings (SSSR count). The Labute approximate surface area is 133 Å². The predicted molar refractivity (Wildman–Crippen MR) is 89.5 cm³/mol. The molecular weight excluding hydrogens is 294 g/mol. The second-order valence-electron chi connectivity index (χ2n) is 5.02. The lowest BCUT2D eigenvalue weighted by atomic mass is 10.3. The topological polar surface area (TPSA) is 63.6 Å². The highest BCUT2D eigenvalue weighted by atomic mass is 32.1. The van der Waals surface area contributed by atoms with E-state index in [-0.39, 0.29) is 0 Å². The number of pyridine rings is 1. The van der Waals surface area contributed by atoms with Gasteiger partial charge in [-0.25, -0.2) is 15.0 Å². The van der Waals surface area contributed by atoms with Crippen molar-refractivity contribution in [2.24, 2.45) is 0 Å². The van der Waals surface area contributed by atoms with E-state index in [4.69, 9.17) is 0 Å². The van der Waals surface area contributed by atoms with Crippen LogP contribution >= 0.6 is 11.3 Å². The number of rotatable bonds is 4. The van der Waals surface area contributed by atoms with Crippen molar-refractivity contribution in [3.05, 3.63) is 47.0 Å². The van der Waals surface area contributed by atoms with Crippen LogP contribution in [-0.2, 0) is 6.42 Å². The maximum Gasteiger partial charge on any atom is 0.227 e. The number of nitrogens with one attached hydrogen (secondary N) is 1. The Kier molecular flexibility index (Phi) is 4.11. The Bertz CT molecular complexity index is 797. The van der Waals surface area contributed by atoms with Crippen LogP contribution in [0.3, 0.4) is 0 Å². The van der Waals surface area contributed by atoms with Crippen LogP contribution in [0.2, 0.25) is 0 Å². The zero-order valence-corrected chi connectivity index (χ0v) is 13.6. The quantitative estimate of drug-likeness (QED) is 0.791. The SMILES string of the molecule is CCc1nc(C)c(-c2ccnc(Nc3cncc(C)c3)n2)s1. The lowest BCUT2D eigenvalue weighted by Crippen LogP contribution is -1.98. The summed E-state index contributed by atoms with van der Waals surface area (Å²) in [7, 11) is 0. The molecule has 0 radical (unpaired) electrons. The van der Waals surface area contributed by atoms with Gasteiger partial charge in [0.15, 0.2) is 0 Å². The van der Waals surface area contributed by atoms with Crippen molar-refractivity contribution in [1.82, 2.24) is 19.9 Å². The minimum Gasteiger partial charge on any atom is -0.323 e. The van der Waals surface area contributed by atoms with Gasteiger partial charge in [0.25, 0.3) is 0 Å². The molecule has 0 fully saturated rings. The van der Waals surface area contributed by atoms with Crippen LogP contribution in [0, 0.1) is 13.8 Å². The summed E-state index contributed by atoms with van der Waals surface area (Å²) in [5, 5.41) is 4.32. The van der Waals surface area contributed by atoms with Gasteiger partial charge in [-0.15, -0.1) is 11.3 Å². The summed E-state index contributed by atoms with van der Waals surface area (Å²) in [6.07, 6.45) is 6.28.